The molecule has 0 aliphatic carbocycles. The summed E-state index contributed by atoms with van der Waals surface area (Å²) in [6.45, 7) is 2.52. The number of hydrogen-bond acceptors (Lipinski definition) is 4. The van der Waals surface area contributed by atoms with Gasteiger partial charge in [0.05, 0.1) is 6.21 Å². The molecule has 0 aliphatic rings. The topological polar surface area (TPSA) is 70.9 Å². The SMILES string of the molecule is Cc1ccc(COc2ccc(C(=O)N/N=C/c3cccc(O)c3)cc2)cc1. The zero-order chi connectivity index (χ0) is 19.1. The summed E-state index contributed by atoms with van der Waals surface area (Å²) in [5.41, 5.74) is 5.92. The summed E-state index contributed by atoms with van der Waals surface area (Å²) < 4.78 is 5.73. The van der Waals surface area contributed by atoms with Crippen LogP contribution in [0.2, 0.25) is 0 Å². The maximum atomic E-state index is 12.1. The summed E-state index contributed by atoms with van der Waals surface area (Å²) in [6.07, 6.45) is 1.47. The largest absolute Gasteiger partial charge is 0.508 e. The van der Waals surface area contributed by atoms with Gasteiger partial charge >= 0.3 is 0 Å². The van der Waals surface area contributed by atoms with Crippen LogP contribution in [0.3, 0.4) is 0 Å². The van der Waals surface area contributed by atoms with Crippen molar-refractivity contribution in [1.82, 2.24) is 5.43 Å². The predicted octanol–water partition coefficient (Wildman–Crippen LogP) is 4.04. The number of carbonyl (C=O) groups is 1. The summed E-state index contributed by atoms with van der Waals surface area (Å²) in [5, 5.41) is 13.3. The second kappa shape index (κ2) is 8.67. The van der Waals surface area contributed by atoms with Crippen LogP contribution in [0, 0.1) is 6.92 Å². The molecule has 1 amide bonds. The van der Waals surface area contributed by atoms with Crippen LogP contribution < -0.4 is 10.2 Å². The Balaban J connectivity index is 1.53. The number of ether oxygens (including phenoxy) is 1. The summed E-state index contributed by atoms with van der Waals surface area (Å²) >= 11 is 0. The minimum Gasteiger partial charge on any atom is -0.508 e. The normalized spacial score (nSPS) is 10.7. The Bertz CT molecular complexity index is 933. The highest BCUT2D eigenvalue weighted by Gasteiger charge is 2.04. The van der Waals surface area contributed by atoms with E-state index in [4.69, 9.17) is 4.74 Å². The van der Waals surface area contributed by atoms with Crippen molar-refractivity contribution < 1.29 is 14.6 Å². The van der Waals surface area contributed by atoms with E-state index in [2.05, 4.69) is 10.5 Å². The maximum Gasteiger partial charge on any atom is 0.271 e. The van der Waals surface area contributed by atoms with Crippen molar-refractivity contribution in [1.29, 1.82) is 0 Å². The number of amides is 1. The van der Waals surface area contributed by atoms with Crippen molar-refractivity contribution in [2.75, 3.05) is 0 Å². The second-order valence-corrected chi connectivity index (χ2v) is 6.09. The molecule has 3 aromatic rings. The fourth-order valence-electron chi connectivity index (χ4n) is 2.39. The van der Waals surface area contributed by atoms with Gasteiger partial charge in [-0.1, -0.05) is 42.0 Å². The van der Waals surface area contributed by atoms with Crippen LogP contribution in [0.5, 0.6) is 11.5 Å². The number of nitrogens with one attached hydrogen (secondary N) is 1. The van der Waals surface area contributed by atoms with Crippen molar-refractivity contribution in [3.8, 4) is 11.5 Å². The number of nitrogens with zero attached hydrogens (tertiary/aromatic N) is 1. The third-order valence-corrected chi connectivity index (χ3v) is 3.89. The van der Waals surface area contributed by atoms with Crippen LogP contribution in [0.15, 0.2) is 77.9 Å². The molecule has 27 heavy (non-hydrogen) atoms. The molecule has 0 bridgehead atoms. The van der Waals surface area contributed by atoms with E-state index < -0.39 is 0 Å². The minimum atomic E-state index is -0.323. The number of hydrazone groups is 1. The lowest BCUT2D eigenvalue weighted by Gasteiger charge is -2.07. The number of aryl methyl sites for hydroxylation is 1. The van der Waals surface area contributed by atoms with Crippen LogP contribution in [0.1, 0.15) is 27.0 Å². The van der Waals surface area contributed by atoms with Crippen molar-refractivity contribution in [3.05, 3.63) is 95.1 Å². The quantitative estimate of drug-likeness (QED) is 0.515. The van der Waals surface area contributed by atoms with E-state index in [1.165, 1.54) is 11.8 Å². The molecule has 5 nitrogen and oxygen atoms in total. The molecule has 0 radical (unpaired) electrons. The summed E-state index contributed by atoms with van der Waals surface area (Å²) in [5.74, 6) is 0.512. The molecule has 0 fully saturated rings. The second-order valence-electron chi connectivity index (χ2n) is 6.09. The molecule has 0 aromatic heterocycles. The van der Waals surface area contributed by atoms with E-state index in [0.29, 0.717) is 23.5 Å². The molecule has 0 saturated carbocycles. The molecule has 5 heteroatoms. The summed E-state index contributed by atoms with van der Waals surface area (Å²) in [6, 6.07) is 21.6. The summed E-state index contributed by atoms with van der Waals surface area (Å²) in [4.78, 5) is 12.1. The van der Waals surface area contributed by atoms with Crippen molar-refractivity contribution in [2.45, 2.75) is 13.5 Å². The number of rotatable bonds is 6. The molecular formula is C22H20N2O3. The van der Waals surface area contributed by atoms with Gasteiger partial charge < -0.3 is 9.84 Å². The highest BCUT2D eigenvalue weighted by atomic mass is 16.5. The predicted molar refractivity (Wildman–Crippen MR) is 105 cm³/mol. The summed E-state index contributed by atoms with van der Waals surface area (Å²) in [7, 11) is 0. The first-order valence-electron chi connectivity index (χ1n) is 8.51. The van der Waals surface area contributed by atoms with Crippen molar-refractivity contribution in [3.63, 3.8) is 0 Å². The highest BCUT2D eigenvalue weighted by molar-refractivity contribution is 5.95. The van der Waals surface area contributed by atoms with Crippen LogP contribution in [-0.4, -0.2) is 17.2 Å². The van der Waals surface area contributed by atoms with E-state index in [1.54, 1.807) is 48.5 Å². The van der Waals surface area contributed by atoms with Crippen molar-refractivity contribution >= 4 is 12.1 Å². The monoisotopic (exact) mass is 360 g/mol. The molecule has 0 saturated heterocycles. The average Bonchev–Trinajstić information content (AvgIpc) is 2.68. The Morgan fingerprint density at radius 3 is 2.52 bits per heavy atom. The first-order valence-corrected chi connectivity index (χ1v) is 8.51. The smallest absolute Gasteiger partial charge is 0.271 e. The number of phenols is 1. The van der Waals surface area contributed by atoms with Gasteiger partial charge in [0.2, 0.25) is 0 Å². The lowest BCUT2D eigenvalue weighted by molar-refractivity contribution is 0.0955. The van der Waals surface area contributed by atoms with Gasteiger partial charge in [0, 0.05) is 5.56 Å². The van der Waals surface area contributed by atoms with Gasteiger partial charge in [-0.05, 0) is 54.4 Å². The molecule has 3 aromatic carbocycles. The van der Waals surface area contributed by atoms with Gasteiger partial charge in [0.15, 0.2) is 0 Å². The fraction of sp³-hybridized carbons (Fsp3) is 0.0909. The third kappa shape index (κ3) is 5.44. The Kier molecular flexibility index (Phi) is 5.84. The van der Waals surface area contributed by atoms with Crippen LogP contribution in [0.25, 0.3) is 0 Å². The Hall–Kier alpha value is -3.60. The Labute approximate surface area is 157 Å². The Morgan fingerprint density at radius 1 is 1.07 bits per heavy atom. The molecule has 0 unspecified atom stereocenters. The van der Waals surface area contributed by atoms with E-state index in [9.17, 15) is 9.90 Å². The van der Waals surface area contributed by atoms with Gasteiger partial charge in [-0.2, -0.15) is 5.10 Å². The number of carbonyl (C=O) groups excluding carboxylic acids is 1. The number of hydrogen-bond donors (Lipinski definition) is 2. The lowest BCUT2D eigenvalue weighted by Crippen LogP contribution is -2.17. The average molecular weight is 360 g/mol. The molecule has 3 rings (SSSR count). The molecular weight excluding hydrogens is 340 g/mol. The molecule has 136 valence electrons. The van der Waals surface area contributed by atoms with Gasteiger partial charge in [-0.15, -0.1) is 0 Å². The standard InChI is InChI=1S/C22H20N2O3/c1-16-5-7-17(8-6-16)15-27-21-11-9-19(10-12-21)22(26)24-23-14-18-3-2-4-20(25)13-18/h2-14,25H,15H2,1H3,(H,24,26)/b23-14+. The molecule has 0 heterocycles. The maximum absolute atomic E-state index is 12.1. The zero-order valence-electron chi connectivity index (χ0n) is 14.9. The van der Waals surface area contributed by atoms with Crippen LogP contribution in [-0.2, 0) is 6.61 Å². The number of phenolic OH excluding ortho intramolecular Hbond substituents is 1. The minimum absolute atomic E-state index is 0.145. The van der Waals surface area contributed by atoms with Crippen LogP contribution >= 0.6 is 0 Å². The Morgan fingerprint density at radius 2 is 1.81 bits per heavy atom. The van der Waals surface area contributed by atoms with Crippen LogP contribution in [0.4, 0.5) is 0 Å². The van der Waals surface area contributed by atoms with E-state index in [0.717, 1.165) is 5.56 Å². The fourth-order valence-corrected chi connectivity index (χ4v) is 2.39. The van der Waals surface area contributed by atoms with Gasteiger partial charge in [0.25, 0.3) is 5.91 Å². The first-order chi connectivity index (χ1) is 13.1. The van der Waals surface area contributed by atoms with E-state index >= 15 is 0 Å². The van der Waals surface area contributed by atoms with Gasteiger partial charge in [0.1, 0.15) is 18.1 Å². The number of benzene rings is 3. The lowest BCUT2D eigenvalue weighted by atomic mass is 10.2. The molecule has 0 spiro atoms. The van der Waals surface area contributed by atoms with Gasteiger partial charge in [-0.3, -0.25) is 4.79 Å². The molecule has 0 aliphatic heterocycles. The van der Waals surface area contributed by atoms with E-state index in [1.807, 2.05) is 31.2 Å². The van der Waals surface area contributed by atoms with Crippen molar-refractivity contribution in [2.24, 2.45) is 5.10 Å². The molecule has 0 atom stereocenters. The van der Waals surface area contributed by atoms with Gasteiger partial charge in [-0.25, -0.2) is 5.43 Å². The molecule has 2 N–H and O–H groups in total. The third-order valence-electron chi connectivity index (χ3n) is 3.89. The highest BCUT2D eigenvalue weighted by Crippen LogP contribution is 2.15. The van der Waals surface area contributed by atoms with E-state index in [-0.39, 0.29) is 11.7 Å². The number of aromatic hydroxyl groups is 1. The first kappa shape index (κ1) is 18.2. The zero-order valence-corrected chi connectivity index (χ0v) is 14.9.